The van der Waals surface area contributed by atoms with Crippen molar-refractivity contribution in [3.63, 3.8) is 0 Å². The van der Waals surface area contributed by atoms with Crippen molar-refractivity contribution in [3.05, 3.63) is 64.7 Å². The molecule has 0 saturated heterocycles. The number of amides is 1. The van der Waals surface area contributed by atoms with E-state index in [1.54, 1.807) is 24.3 Å². The minimum atomic E-state index is -3.33. The van der Waals surface area contributed by atoms with E-state index in [1.165, 1.54) is 5.56 Å². The van der Waals surface area contributed by atoms with Crippen LogP contribution >= 0.6 is 0 Å². The summed E-state index contributed by atoms with van der Waals surface area (Å²) in [5, 5.41) is 3.05. The fourth-order valence-corrected chi connectivity index (χ4v) is 3.33. The van der Waals surface area contributed by atoms with Crippen molar-refractivity contribution >= 4 is 21.6 Å². The molecule has 0 aliphatic carbocycles. The van der Waals surface area contributed by atoms with Crippen LogP contribution in [0.3, 0.4) is 0 Å². The molecule has 0 aliphatic heterocycles. The molecule has 2 aromatic rings. The van der Waals surface area contributed by atoms with E-state index in [0.29, 0.717) is 11.3 Å². The molecule has 5 nitrogen and oxygen atoms in total. The highest BCUT2D eigenvalue weighted by atomic mass is 32.2. The Kier molecular flexibility index (Phi) is 5.85. The average molecular weight is 360 g/mol. The summed E-state index contributed by atoms with van der Waals surface area (Å²) in [5.74, 6) is -0.183. The Morgan fingerprint density at radius 2 is 1.72 bits per heavy atom. The lowest BCUT2D eigenvalue weighted by molar-refractivity contribution is 0.0935. The monoisotopic (exact) mass is 360 g/mol. The maximum Gasteiger partial charge on any atom is 0.251 e. The highest BCUT2D eigenvalue weighted by Crippen LogP contribution is 2.22. The number of rotatable bonds is 6. The van der Waals surface area contributed by atoms with Crippen LogP contribution in [0.25, 0.3) is 0 Å². The van der Waals surface area contributed by atoms with Gasteiger partial charge in [0.2, 0.25) is 10.0 Å². The van der Waals surface area contributed by atoms with E-state index in [1.807, 2.05) is 26.8 Å². The number of hydrogen-bond donors (Lipinski definition) is 2. The van der Waals surface area contributed by atoms with Crippen molar-refractivity contribution in [2.45, 2.75) is 33.2 Å². The molecule has 0 saturated carbocycles. The first kappa shape index (κ1) is 19.0. The van der Waals surface area contributed by atoms with Crippen molar-refractivity contribution in [3.8, 4) is 0 Å². The molecule has 0 spiro atoms. The van der Waals surface area contributed by atoms with Crippen molar-refractivity contribution < 1.29 is 13.2 Å². The third-order valence-corrected chi connectivity index (χ3v) is 4.57. The summed E-state index contributed by atoms with van der Waals surface area (Å²) < 4.78 is 24.8. The smallest absolute Gasteiger partial charge is 0.251 e. The van der Waals surface area contributed by atoms with Crippen LogP contribution in [0, 0.1) is 13.8 Å². The molecule has 0 aliphatic rings. The van der Waals surface area contributed by atoms with Gasteiger partial charge in [0.1, 0.15) is 0 Å². The maximum atomic E-state index is 12.5. The maximum absolute atomic E-state index is 12.5. The van der Waals surface area contributed by atoms with E-state index < -0.39 is 10.0 Å². The van der Waals surface area contributed by atoms with Crippen molar-refractivity contribution in [2.24, 2.45) is 0 Å². The molecule has 2 N–H and O–H groups in total. The number of hydrogen-bond acceptors (Lipinski definition) is 3. The predicted octanol–water partition coefficient (Wildman–Crippen LogP) is 3.56. The lowest BCUT2D eigenvalue weighted by Gasteiger charge is -2.20. The first-order chi connectivity index (χ1) is 11.7. The van der Waals surface area contributed by atoms with Crippen LogP contribution in [0.4, 0.5) is 5.69 Å². The van der Waals surface area contributed by atoms with Crippen LogP contribution in [-0.4, -0.2) is 20.6 Å². The van der Waals surface area contributed by atoms with Crippen molar-refractivity contribution in [1.82, 2.24) is 5.32 Å². The van der Waals surface area contributed by atoms with Crippen molar-refractivity contribution in [1.29, 1.82) is 0 Å². The van der Waals surface area contributed by atoms with Crippen LogP contribution < -0.4 is 10.0 Å². The summed E-state index contributed by atoms with van der Waals surface area (Å²) in [6.07, 6.45) is 1.87. The standard InChI is InChI=1S/C19H24N2O3S/c1-5-18(17-11-6-13(2)12-14(17)3)20-19(22)15-7-9-16(10-8-15)21-25(4,23)24/h6-12,18,21H,5H2,1-4H3,(H,20,22). The molecule has 0 heterocycles. The molecule has 1 atom stereocenters. The average Bonchev–Trinajstić information content (AvgIpc) is 2.52. The minimum absolute atomic E-state index is 0.0677. The molecule has 0 aromatic heterocycles. The summed E-state index contributed by atoms with van der Waals surface area (Å²) in [5.41, 5.74) is 4.37. The lowest BCUT2D eigenvalue weighted by Crippen LogP contribution is -2.28. The number of benzene rings is 2. The van der Waals surface area contributed by atoms with Crippen LogP contribution in [0.15, 0.2) is 42.5 Å². The Bertz CT molecular complexity index is 859. The molecule has 0 fully saturated rings. The number of anilines is 1. The number of carbonyl (C=O) groups is 1. The quantitative estimate of drug-likeness (QED) is 0.827. The molecule has 0 bridgehead atoms. The molecule has 134 valence electrons. The Morgan fingerprint density at radius 3 is 2.24 bits per heavy atom. The van der Waals surface area contributed by atoms with E-state index in [-0.39, 0.29) is 11.9 Å². The van der Waals surface area contributed by atoms with Crippen LogP contribution in [-0.2, 0) is 10.0 Å². The molecule has 6 heteroatoms. The zero-order valence-electron chi connectivity index (χ0n) is 15.0. The Balaban J connectivity index is 2.14. The summed E-state index contributed by atoms with van der Waals surface area (Å²) in [7, 11) is -3.33. The van der Waals surface area contributed by atoms with Gasteiger partial charge in [0.25, 0.3) is 5.91 Å². The van der Waals surface area contributed by atoms with Gasteiger partial charge in [-0.2, -0.15) is 0 Å². The molecule has 2 aromatic carbocycles. The van der Waals surface area contributed by atoms with E-state index in [9.17, 15) is 13.2 Å². The van der Waals surface area contributed by atoms with Crippen molar-refractivity contribution in [2.75, 3.05) is 11.0 Å². The summed E-state index contributed by atoms with van der Waals surface area (Å²) >= 11 is 0. The first-order valence-electron chi connectivity index (χ1n) is 8.15. The summed E-state index contributed by atoms with van der Waals surface area (Å²) in [6.45, 7) is 6.12. The normalized spacial score (nSPS) is 12.5. The number of sulfonamides is 1. The van der Waals surface area contributed by atoms with E-state index in [0.717, 1.165) is 23.8 Å². The van der Waals surface area contributed by atoms with Crippen LogP contribution in [0.2, 0.25) is 0 Å². The molecule has 1 amide bonds. The zero-order valence-corrected chi connectivity index (χ0v) is 15.8. The first-order valence-corrected chi connectivity index (χ1v) is 10.0. The predicted molar refractivity (Wildman–Crippen MR) is 101 cm³/mol. The number of aryl methyl sites for hydroxylation is 2. The fourth-order valence-electron chi connectivity index (χ4n) is 2.76. The fraction of sp³-hybridized carbons (Fsp3) is 0.316. The number of nitrogens with one attached hydrogen (secondary N) is 2. The van der Waals surface area contributed by atoms with E-state index in [4.69, 9.17) is 0 Å². The van der Waals surface area contributed by atoms with Gasteiger partial charge in [0.15, 0.2) is 0 Å². The highest BCUT2D eigenvalue weighted by molar-refractivity contribution is 7.92. The lowest BCUT2D eigenvalue weighted by atomic mass is 9.97. The summed E-state index contributed by atoms with van der Waals surface area (Å²) in [6, 6.07) is 12.5. The molecule has 1 unspecified atom stereocenters. The second kappa shape index (κ2) is 7.70. The second-order valence-electron chi connectivity index (χ2n) is 6.25. The van der Waals surface area contributed by atoms with Crippen LogP contribution in [0.1, 0.15) is 46.4 Å². The topological polar surface area (TPSA) is 75.3 Å². The third kappa shape index (κ3) is 5.32. The molecule has 0 radical (unpaired) electrons. The minimum Gasteiger partial charge on any atom is -0.345 e. The number of carbonyl (C=O) groups excluding carboxylic acids is 1. The van der Waals surface area contributed by atoms with Gasteiger partial charge in [-0.05, 0) is 55.7 Å². The Hall–Kier alpha value is -2.34. The Labute approximate surface area is 149 Å². The molecule has 25 heavy (non-hydrogen) atoms. The SMILES string of the molecule is CCC(NC(=O)c1ccc(NS(C)(=O)=O)cc1)c1ccc(C)cc1C. The van der Waals surface area contributed by atoms with Gasteiger partial charge in [0, 0.05) is 11.3 Å². The highest BCUT2D eigenvalue weighted by Gasteiger charge is 2.16. The van der Waals surface area contributed by atoms with Gasteiger partial charge in [-0.15, -0.1) is 0 Å². The van der Waals surface area contributed by atoms with E-state index in [2.05, 4.69) is 22.2 Å². The molecular weight excluding hydrogens is 336 g/mol. The molecular formula is C19H24N2O3S. The van der Waals surface area contributed by atoms with Crippen LogP contribution in [0.5, 0.6) is 0 Å². The summed E-state index contributed by atoms with van der Waals surface area (Å²) in [4.78, 5) is 12.5. The van der Waals surface area contributed by atoms with E-state index >= 15 is 0 Å². The third-order valence-electron chi connectivity index (χ3n) is 3.96. The van der Waals surface area contributed by atoms with Gasteiger partial charge in [-0.25, -0.2) is 8.42 Å². The second-order valence-corrected chi connectivity index (χ2v) is 7.99. The Morgan fingerprint density at radius 1 is 1.08 bits per heavy atom. The van der Waals surface area contributed by atoms with Gasteiger partial charge < -0.3 is 5.32 Å². The van der Waals surface area contributed by atoms with Gasteiger partial charge in [-0.1, -0.05) is 30.7 Å². The largest absolute Gasteiger partial charge is 0.345 e. The van der Waals surface area contributed by atoms with Gasteiger partial charge >= 0.3 is 0 Å². The van der Waals surface area contributed by atoms with Gasteiger partial charge in [-0.3, -0.25) is 9.52 Å². The zero-order chi connectivity index (χ0) is 18.6. The van der Waals surface area contributed by atoms with Gasteiger partial charge in [0.05, 0.1) is 12.3 Å². The molecule has 2 rings (SSSR count).